The van der Waals surface area contributed by atoms with Crippen LogP contribution in [0.2, 0.25) is 0 Å². The van der Waals surface area contributed by atoms with E-state index in [1.54, 1.807) is 0 Å². The summed E-state index contributed by atoms with van der Waals surface area (Å²) in [6, 6.07) is 3.12. The third-order valence-corrected chi connectivity index (χ3v) is 2.48. The van der Waals surface area contributed by atoms with Crippen LogP contribution >= 0.6 is 0 Å². The Balaban J connectivity index is 2.96. The molecule has 1 N–H and O–H groups in total. The lowest BCUT2D eigenvalue weighted by atomic mass is 10.1. The Kier molecular flexibility index (Phi) is 4.21. The number of methoxy groups -OCH3 is 1. The number of hydrogen-bond acceptors (Lipinski definition) is 3. The van der Waals surface area contributed by atoms with Gasteiger partial charge in [-0.15, -0.1) is 0 Å². The summed E-state index contributed by atoms with van der Waals surface area (Å²) in [5, 5.41) is 2.66. The van der Waals surface area contributed by atoms with E-state index in [2.05, 4.69) is 10.1 Å². The molecule has 0 saturated carbocycles. The molecule has 1 rings (SSSR count). The van der Waals surface area contributed by atoms with E-state index in [-0.39, 0.29) is 11.3 Å². The van der Waals surface area contributed by atoms with Crippen LogP contribution in [0.3, 0.4) is 0 Å². The van der Waals surface area contributed by atoms with Crippen LogP contribution in [0.15, 0.2) is 18.2 Å². The standard InChI is InChI=1S/C12H14F3NO2/c1-7-4-5-9(6-10(7)12(13,14)15)16-8(2)11(17)18-3/h4-6,8,16H,1-3H3. The lowest BCUT2D eigenvalue weighted by molar-refractivity contribution is -0.141. The number of nitrogens with one attached hydrogen (secondary N) is 1. The van der Waals surface area contributed by atoms with Crippen molar-refractivity contribution in [2.24, 2.45) is 0 Å². The predicted octanol–water partition coefficient (Wildman–Crippen LogP) is 2.99. The molecule has 0 heterocycles. The Bertz CT molecular complexity index is 443. The first-order chi connectivity index (χ1) is 8.25. The first kappa shape index (κ1) is 14.3. The second-order valence-corrected chi connectivity index (χ2v) is 3.92. The Labute approximate surface area is 103 Å². The van der Waals surface area contributed by atoms with Gasteiger partial charge >= 0.3 is 12.1 Å². The molecule has 0 radical (unpaired) electrons. The van der Waals surface area contributed by atoms with E-state index in [9.17, 15) is 18.0 Å². The molecule has 0 aliphatic rings. The Morgan fingerprint density at radius 1 is 1.39 bits per heavy atom. The van der Waals surface area contributed by atoms with Crippen LogP contribution in [0, 0.1) is 6.92 Å². The fourth-order valence-electron chi connectivity index (χ4n) is 1.50. The van der Waals surface area contributed by atoms with Crippen molar-refractivity contribution in [2.75, 3.05) is 12.4 Å². The van der Waals surface area contributed by atoms with Crippen LogP contribution in [-0.2, 0) is 15.7 Å². The van der Waals surface area contributed by atoms with E-state index < -0.39 is 23.8 Å². The summed E-state index contributed by atoms with van der Waals surface area (Å²) in [5.41, 5.74) is -0.353. The highest BCUT2D eigenvalue weighted by Gasteiger charge is 2.32. The minimum Gasteiger partial charge on any atom is -0.467 e. The smallest absolute Gasteiger partial charge is 0.416 e. The first-order valence-electron chi connectivity index (χ1n) is 5.28. The average Bonchev–Trinajstić information content (AvgIpc) is 2.29. The fraction of sp³-hybridized carbons (Fsp3) is 0.417. The van der Waals surface area contributed by atoms with Gasteiger partial charge in [0.1, 0.15) is 6.04 Å². The monoisotopic (exact) mass is 261 g/mol. The molecule has 6 heteroatoms. The first-order valence-corrected chi connectivity index (χ1v) is 5.28. The molecule has 0 spiro atoms. The molecule has 100 valence electrons. The van der Waals surface area contributed by atoms with E-state index in [1.807, 2.05) is 0 Å². The van der Waals surface area contributed by atoms with Crippen molar-refractivity contribution < 1.29 is 22.7 Å². The van der Waals surface area contributed by atoms with Gasteiger partial charge in [0, 0.05) is 5.69 Å². The molecule has 0 aliphatic carbocycles. The van der Waals surface area contributed by atoms with Crippen LogP contribution in [0.1, 0.15) is 18.1 Å². The topological polar surface area (TPSA) is 38.3 Å². The van der Waals surface area contributed by atoms with Gasteiger partial charge < -0.3 is 10.1 Å². The number of carbonyl (C=O) groups is 1. The number of alkyl halides is 3. The zero-order chi connectivity index (χ0) is 13.9. The fourth-order valence-corrected chi connectivity index (χ4v) is 1.50. The number of aryl methyl sites for hydroxylation is 1. The van der Waals surface area contributed by atoms with Crippen LogP contribution in [0.4, 0.5) is 18.9 Å². The molecule has 0 saturated heterocycles. The largest absolute Gasteiger partial charge is 0.467 e. The van der Waals surface area contributed by atoms with Crippen LogP contribution in [-0.4, -0.2) is 19.1 Å². The lowest BCUT2D eigenvalue weighted by Gasteiger charge is -2.16. The molecule has 0 aromatic heterocycles. The number of benzene rings is 1. The maximum Gasteiger partial charge on any atom is 0.416 e. The van der Waals surface area contributed by atoms with Gasteiger partial charge in [0.25, 0.3) is 0 Å². The SMILES string of the molecule is COC(=O)C(C)Nc1ccc(C)c(C(F)(F)F)c1. The third-order valence-electron chi connectivity index (χ3n) is 2.48. The quantitative estimate of drug-likeness (QED) is 0.850. The third kappa shape index (κ3) is 3.38. The predicted molar refractivity (Wildman–Crippen MR) is 61.3 cm³/mol. The molecule has 1 unspecified atom stereocenters. The maximum absolute atomic E-state index is 12.7. The van der Waals surface area contributed by atoms with Crippen molar-refractivity contribution in [3.8, 4) is 0 Å². The number of halogens is 3. The number of esters is 1. The minimum absolute atomic E-state index is 0.138. The van der Waals surface area contributed by atoms with Crippen molar-refractivity contribution in [2.45, 2.75) is 26.1 Å². The number of ether oxygens (including phenoxy) is 1. The summed E-state index contributed by atoms with van der Waals surface area (Å²) in [5.74, 6) is -0.538. The molecule has 0 amide bonds. The van der Waals surface area contributed by atoms with Gasteiger partial charge in [-0.3, -0.25) is 0 Å². The van der Waals surface area contributed by atoms with Gasteiger partial charge in [-0.2, -0.15) is 13.2 Å². The average molecular weight is 261 g/mol. The molecule has 0 bridgehead atoms. The molecule has 1 aromatic carbocycles. The van der Waals surface area contributed by atoms with E-state index in [0.29, 0.717) is 0 Å². The van der Waals surface area contributed by atoms with E-state index >= 15 is 0 Å². The highest BCUT2D eigenvalue weighted by molar-refractivity contribution is 5.78. The lowest BCUT2D eigenvalue weighted by Crippen LogP contribution is -2.27. The van der Waals surface area contributed by atoms with E-state index in [1.165, 1.54) is 33.1 Å². The van der Waals surface area contributed by atoms with Crippen molar-refractivity contribution in [1.29, 1.82) is 0 Å². The summed E-state index contributed by atoms with van der Waals surface area (Å²) >= 11 is 0. The zero-order valence-corrected chi connectivity index (χ0v) is 10.3. The van der Waals surface area contributed by atoms with Gasteiger partial charge in [0.05, 0.1) is 12.7 Å². The van der Waals surface area contributed by atoms with Gasteiger partial charge in [0.15, 0.2) is 0 Å². The molecule has 0 fully saturated rings. The van der Waals surface area contributed by atoms with Crippen LogP contribution < -0.4 is 5.32 Å². The molecule has 1 atom stereocenters. The van der Waals surface area contributed by atoms with Gasteiger partial charge in [-0.05, 0) is 31.5 Å². The summed E-state index contributed by atoms with van der Waals surface area (Å²) in [6.45, 7) is 2.90. The van der Waals surface area contributed by atoms with Crippen LogP contribution in [0.25, 0.3) is 0 Å². The number of hydrogen-bond donors (Lipinski definition) is 1. The molecule has 1 aromatic rings. The summed E-state index contributed by atoms with van der Waals surface area (Å²) in [4.78, 5) is 11.2. The zero-order valence-electron chi connectivity index (χ0n) is 10.3. The highest BCUT2D eigenvalue weighted by Crippen LogP contribution is 2.33. The van der Waals surface area contributed by atoms with Crippen molar-refractivity contribution in [1.82, 2.24) is 0 Å². The van der Waals surface area contributed by atoms with Crippen molar-refractivity contribution >= 4 is 11.7 Å². The molecule has 18 heavy (non-hydrogen) atoms. The Morgan fingerprint density at radius 2 is 2.00 bits per heavy atom. The van der Waals surface area contributed by atoms with Crippen LogP contribution in [0.5, 0.6) is 0 Å². The molecular formula is C12H14F3NO2. The summed E-state index contributed by atoms with van der Waals surface area (Å²) in [7, 11) is 1.22. The van der Waals surface area contributed by atoms with E-state index in [0.717, 1.165) is 6.07 Å². The van der Waals surface area contributed by atoms with Crippen molar-refractivity contribution in [3.63, 3.8) is 0 Å². The number of anilines is 1. The molecule has 0 aliphatic heterocycles. The number of rotatable bonds is 3. The number of carbonyl (C=O) groups excluding carboxylic acids is 1. The molecular weight excluding hydrogens is 247 g/mol. The van der Waals surface area contributed by atoms with Gasteiger partial charge in [-0.1, -0.05) is 6.07 Å². The Hall–Kier alpha value is -1.72. The van der Waals surface area contributed by atoms with Crippen molar-refractivity contribution in [3.05, 3.63) is 29.3 Å². The maximum atomic E-state index is 12.7. The molecule has 3 nitrogen and oxygen atoms in total. The minimum atomic E-state index is -4.41. The second-order valence-electron chi connectivity index (χ2n) is 3.92. The highest BCUT2D eigenvalue weighted by atomic mass is 19.4. The summed E-state index contributed by atoms with van der Waals surface area (Å²) in [6.07, 6.45) is -4.41. The van der Waals surface area contributed by atoms with E-state index in [4.69, 9.17) is 0 Å². The summed E-state index contributed by atoms with van der Waals surface area (Å²) < 4.78 is 42.5. The second kappa shape index (κ2) is 5.29. The van der Waals surface area contributed by atoms with Gasteiger partial charge in [-0.25, -0.2) is 4.79 Å². The normalized spacial score (nSPS) is 13.0. The Morgan fingerprint density at radius 3 is 2.50 bits per heavy atom. The van der Waals surface area contributed by atoms with Gasteiger partial charge in [0.2, 0.25) is 0 Å².